The first-order valence-corrected chi connectivity index (χ1v) is 4.73. The molecule has 1 aliphatic rings. The van der Waals surface area contributed by atoms with E-state index in [4.69, 9.17) is 14.9 Å². The molecule has 0 unspecified atom stereocenters. The van der Waals surface area contributed by atoms with Crippen molar-refractivity contribution in [2.24, 2.45) is 0 Å². The number of hydrogen-bond acceptors (Lipinski definition) is 7. The largest absolute Gasteiger partial charge is 0.480 e. The molecule has 0 spiro atoms. The van der Waals surface area contributed by atoms with E-state index in [0.717, 1.165) is 0 Å². The van der Waals surface area contributed by atoms with Crippen LogP contribution in [0.25, 0.3) is 0 Å². The lowest BCUT2D eigenvalue weighted by atomic mass is 9.97. The quantitative estimate of drug-likeness (QED) is 0.295. The van der Waals surface area contributed by atoms with Gasteiger partial charge in [-0.15, -0.1) is 0 Å². The smallest absolute Gasteiger partial charge is 0.317 e. The molecule has 0 saturated carbocycles. The van der Waals surface area contributed by atoms with Crippen LogP contribution in [0.4, 0.5) is 0 Å². The summed E-state index contributed by atoms with van der Waals surface area (Å²) >= 11 is 0. The van der Waals surface area contributed by atoms with Crippen molar-refractivity contribution in [2.75, 3.05) is 13.2 Å². The lowest BCUT2D eigenvalue weighted by Gasteiger charge is -2.40. The molecule has 1 aliphatic heterocycles. The molecule has 94 valence electrons. The molecule has 6 N–H and O–H groups in total. The van der Waals surface area contributed by atoms with E-state index in [1.165, 1.54) is 0 Å². The number of nitrogens with one attached hydrogen (secondary N) is 1. The normalized spacial score (nSPS) is 39.6. The first-order chi connectivity index (χ1) is 7.47. The van der Waals surface area contributed by atoms with E-state index < -0.39 is 49.8 Å². The minimum Gasteiger partial charge on any atom is -0.480 e. The molecule has 0 aromatic heterocycles. The zero-order valence-corrected chi connectivity index (χ0v) is 8.35. The van der Waals surface area contributed by atoms with Crippen LogP contribution in [0.15, 0.2) is 0 Å². The summed E-state index contributed by atoms with van der Waals surface area (Å²) in [7, 11) is 0. The molecule has 0 bridgehead atoms. The highest BCUT2D eigenvalue weighted by atomic mass is 16.6. The lowest BCUT2D eigenvalue weighted by molar-refractivity contribution is -0.254. The van der Waals surface area contributed by atoms with E-state index in [1.54, 1.807) is 0 Å². The van der Waals surface area contributed by atoms with Gasteiger partial charge in [-0.1, -0.05) is 0 Å². The van der Waals surface area contributed by atoms with Gasteiger partial charge in [-0.05, 0) is 0 Å². The van der Waals surface area contributed by atoms with Crippen LogP contribution in [0.3, 0.4) is 0 Å². The molecular formula is C8H15NO7. The topological polar surface area (TPSA) is 139 Å². The Balaban J connectivity index is 2.60. The fourth-order valence-corrected chi connectivity index (χ4v) is 1.52. The number of aliphatic carboxylic acids is 1. The fourth-order valence-electron chi connectivity index (χ4n) is 1.52. The van der Waals surface area contributed by atoms with E-state index in [1.807, 2.05) is 0 Å². The molecule has 1 fully saturated rings. The van der Waals surface area contributed by atoms with Crippen molar-refractivity contribution < 1.29 is 35.1 Å². The Morgan fingerprint density at radius 3 is 2.38 bits per heavy atom. The van der Waals surface area contributed by atoms with Gasteiger partial charge in [0, 0.05) is 0 Å². The summed E-state index contributed by atoms with van der Waals surface area (Å²) in [5, 5.41) is 48.0. The minimum absolute atomic E-state index is 0.487. The van der Waals surface area contributed by atoms with Crippen molar-refractivity contribution in [3.8, 4) is 0 Å². The van der Waals surface area contributed by atoms with E-state index in [0.29, 0.717) is 0 Å². The number of carbonyl (C=O) groups is 1. The Kier molecular flexibility index (Phi) is 4.59. The number of aliphatic hydroxyl groups excluding tert-OH is 4. The summed E-state index contributed by atoms with van der Waals surface area (Å²) in [4.78, 5) is 10.3. The van der Waals surface area contributed by atoms with E-state index in [9.17, 15) is 20.1 Å². The second kappa shape index (κ2) is 5.53. The van der Waals surface area contributed by atoms with E-state index in [2.05, 4.69) is 5.32 Å². The molecule has 16 heavy (non-hydrogen) atoms. The third-order valence-corrected chi connectivity index (χ3v) is 2.39. The number of carboxylic acids is 1. The first-order valence-electron chi connectivity index (χ1n) is 4.73. The van der Waals surface area contributed by atoms with Crippen molar-refractivity contribution in [1.29, 1.82) is 0 Å². The van der Waals surface area contributed by atoms with Crippen LogP contribution < -0.4 is 5.32 Å². The molecule has 1 rings (SSSR count). The van der Waals surface area contributed by atoms with Crippen molar-refractivity contribution >= 4 is 5.97 Å². The second-order valence-electron chi connectivity index (χ2n) is 3.53. The molecule has 0 aromatic rings. The minimum atomic E-state index is -1.49. The van der Waals surface area contributed by atoms with Gasteiger partial charge in [0.2, 0.25) is 0 Å². The van der Waals surface area contributed by atoms with Gasteiger partial charge < -0.3 is 30.3 Å². The highest BCUT2D eigenvalue weighted by Gasteiger charge is 2.43. The van der Waals surface area contributed by atoms with Crippen molar-refractivity contribution in [1.82, 2.24) is 5.32 Å². The van der Waals surface area contributed by atoms with Gasteiger partial charge in [-0.25, -0.2) is 0 Å². The number of rotatable bonds is 4. The molecule has 1 heterocycles. The SMILES string of the molecule is O=C(O)CN[C@H]1[C@@H](O)[C@@H](O)[C@@H](CO)O[C@@H]1O. The van der Waals surface area contributed by atoms with Gasteiger partial charge in [-0.2, -0.15) is 0 Å². The zero-order valence-electron chi connectivity index (χ0n) is 8.35. The van der Waals surface area contributed by atoms with Crippen LogP contribution >= 0.6 is 0 Å². The molecule has 0 radical (unpaired) electrons. The summed E-state index contributed by atoms with van der Waals surface area (Å²) in [5.74, 6) is -1.17. The lowest BCUT2D eigenvalue weighted by Crippen LogP contribution is -2.63. The molecular weight excluding hydrogens is 222 g/mol. The second-order valence-corrected chi connectivity index (χ2v) is 3.53. The Morgan fingerprint density at radius 2 is 1.88 bits per heavy atom. The third-order valence-electron chi connectivity index (χ3n) is 2.39. The molecule has 1 saturated heterocycles. The summed E-state index contributed by atoms with van der Waals surface area (Å²) < 4.78 is 4.80. The standard InChI is InChI=1S/C8H15NO7/c10-2-3-6(13)7(14)5(8(15)16-3)9-1-4(11)12/h3,5-10,13-15H,1-2H2,(H,11,12)/t3-,5+,6+,7-,8+/m1/s1. The summed E-state index contributed by atoms with van der Waals surface area (Å²) in [6, 6.07) is -1.12. The number of hydrogen-bond donors (Lipinski definition) is 6. The van der Waals surface area contributed by atoms with Crippen LogP contribution in [0.2, 0.25) is 0 Å². The van der Waals surface area contributed by atoms with Crippen molar-refractivity contribution in [3.05, 3.63) is 0 Å². The number of aliphatic hydroxyl groups is 4. The molecule has 5 atom stereocenters. The monoisotopic (exact) mass is 237 g/mol. The average molecular weight is 237 g/mol. The average Bonchev–Trinajstić information content (AvgIpc) is 2.22. The zero-order chi connectivity index (χ0) is 12.3. The van der Waals surface area contributed by atoms with Crippen LogP contribution in [0.1, 0.15) is 0 Å². The van der Waals surface area contributed by atoms with E-state index >= 15 is 0 Å². The van der Waals surface area contributed by atoms with Gasteiger partial charge in [0.1, 0.15) is 18.3 Å². The summed E-state index contributed by atoms with van der Waals surface area (Å²) in [5.41, 5.74) is 0. The Hall–Kier alpha value is -0.770. The van der Waals surface area contributed by atoms with Crippen molar-refractivity contribution in [3.63, 3.8) is 0 Å². The maximum absolute atomic E-state index is 10.3. The van der Waals surface area contributed by atoms with Crippen LogP contribution in [0.5, 0.6) is 0 Å². The van der Waals surface area contributed by atoms with Gasteiger partial charge in [0.25, 0.3) is 0 Å². The predicted molar refractivity (Wildman–Crippen MR) is 49.4 cm³/mol. The molecule has 8 nitrogen and oxygen atoms in total. The third kappa shape index (κ3) is 2.88. The van der Waals surface area contributed by atoms with Crippen LogP contribution in [-0.4, -0.2) is 75.3 Å². The molecule has 0 aliphatic carbocycles. The molecule has 0 aromatic carbocycles. The highest BCUT2D eigenvalue weighted by molar-refractivity contribution is 5.69. The Bertz CT molecular complexity index is 249. The van der Waals surface area contributed by atoms with Gasteiger partial charge in [0.15, 0.2) is 6.29 Å². The fraction of sp³-hybridized carbons (Fsp3) is 0.875. The maximum Gasteiger partial charge on any atom is 0.317 e. The maximum atomic E-state index is 10.3. The van der Waals surface area contributed by atoms with Gasteiger partial charge in [0.05, 0.1) is 19.2 Å². The predicted octanol–water partition coefficient (Wildman–Crippen LogP) is -3.54. The first kappa shape index (κ1) is 13.3. The molecule has 0 amide bonds. The van der Waals surface area contributed by atoms with Crippen LogP contribution in [-0.2, 0) is 9.53 Å². The van der Waals surface area contributed by atoms with E-state index in [-0.39, 0.29) is 0 Å². The number of carboxylic acid groups (broad SMARTS) is 1. The summed E-state index contributed by atoms with van der Waals surface area (Å²) in [6.45, 7) is -1.04. The Labute approximate surface area is 91.1 Å². The Morgan fingerprint density at radius 1 is 1.25 bits per heavy atom. The van der Waals surface area contributed by atoms with Crippen molar-refractivity contribution in [2.45, 2.75) is 30.6 Å². The summed E-state index contributed by atoms with van der Waals surface area (Å²) in [6.07, 6.45) is -5.39. The number of ether oxygens (including phenoxy) is 1. The highest BCUT2D eigenvalue weighted by Crippen LogP contribution is 2.19. The van der Waals surface area contributed by atoms with Crippen LogP contribution in [0, 0.1) is 0 Å². The van der Waals surface area contributed by atoms with Gasteiger partial charge in [-0.3, -0.25) is 10.1 Å². The molecule has 8 heteroatoms. The van der Waals surface area contributed by atoms with Gasteiger partial charge >= 0.3 is 5.97 Å².